The third-order valence-corrected chi connectivity index (χ3v) is 26.2. The number of hydrogen-bond acceptors (Lipinski definition) is 5. The van der Waals surface area contributed by atoms with E-state index in [1.807, 2.05) is 18.6 Å². The van der Waals surface area contributed by atoms with Crippen molar-refractivity contribution in [3.05, 3.63) is 430 Å². The second kappa shape index (κ2) is 42.9. The van der Waals surface area contributed by atoms with Crippen molar-refractivity contribution in [2.24, 2.45) is 35.2 Å². The van der Waals surface area contributed by atoms with E-state index in [1.54, 1.807) is 0 Å². The molecule has 0 radical (unpaired) electrons. The van der Waals surface area contributed by atoms with Crippen molar-refractivity contribution < 1.29 is 22.8 Å². The van der Waals surface area contributed by atoms with Gasteiger partial charge in [0.2, 0.25) is 28.5 Å². The van der Waals surface area contributed by atoms with Crippen molar-refractivity contribution in [3.8, 4) is 145 Å². The molecule has 0 bridgehead atoms. The minimum atomic E-state index is 0.484. The van der Waals surface area contributed by atoms with Crippen LogP contribution in [0, 0.1) is 111 Å². The van der Waals surface area contributed by atoms with Crippen LogP contribution in [0.4, 0.5) is 0 Å². The molecule has 10 heteroatoms. The van der Waals surface area contributed by atoms with Crippen LogP contribution in [0.25, 0.3) is 145 Å². The summed E-state index contributed by atoms with van der Waals surface area (Å²) < 4.78 is 10.9. The Kier molecular flexibility index (Phi) is 30.6. The summed E-state index contributed by atoms with van der Waals surface area (Å²) in [5.74, 6) is 0.968. The molecule has 10 aromatic heterocycles. The molecule has 10 heterocycles. The molecule has 0 amide bonds. The molecule has 0 aliphatic heterocycles. The van der Waals surface area contributed by atoms with E-state index in [4.69, 9.17) is 4.98 Å². The molecule has 0 atom stereocenters. The van der Waals surface area contributed by atoms with Crippen LogP contribution in [0.3, 0.4) is 0 Å². The first kappa shape index (κ1) is 96.3. The first-order chi connectivity index (χ1) is 64.9. The van der Waals surface area contributed by atoms with Gasteiger partial charge in [-0.05, 0) is 304 Å². The summed E-state index contributed by atoms with van der Waals surface area (Å²) in [7, 11) is 10.5. The highest BCUT2D eigenvalue weighted by Gasteiger charge is 2.28. The van der Waals surface area contributed by atoms with Gasteiger partial charge in [-0.2, -0.15) is 0 Å². The van der Waals surface area contributed by atoms with Gasteiger partial charge in [0.15, 0.2) is 31.0 Å². The molecule has 0 saturated heterocycles. The van der Waals surface area contributed by atoms with Crippen LogP contribution in [0.15, 0.2) is 329 Å². The second-order valence-electron chi connectivity index (χ2n) is 36.9. The zero-order valence-electron chi connectivity index (χ0n) is 83.8. The maximum absolute atomic E-state index is 5.06. The van der Waals surface area contributed by atoms with Crippen LogP contribution in [-0.2, 0) is 35.2 Å². The Balaban J connectivity index is 0.000000136. The summed E-state index contributed by atoms with van der Waals surface area (Å²) in [6.07, 6.45) is 16.4. The Labute approximate surface area is 803 Å². The first-order valence-electron chi connectivity index (χ1n) is 47.2. The van der Waals surface area contributed by atoms with Crippen LogP contribution in [-0.4, -0.2) is 24.9 Å². The molecule has 0 aliphatic carbocycles. The Morgan fingerprint density at radius 1 is 0.200 bits per heavy atom. The molecule has 676 valence electrons. The minimum Gasteiger partial charge on any atom is -0.261 e. The summed E-state index contributed by atoms with van der Waals surface area (Å²) in [5.41, 5.74) is 53.9. The summed E-state index contributed by atoms with van der Waals surface area (Å²) in [6.45, 7) is 43.3. The van der Waals surface area contributed by atoms with E-state index in [1.165, 1.54) is 201 Å². The lowest BCUT2D eigenvalue weighted by Gasteiger charge is -2.20. The number of hydrogen-bond donors (Lipinski definition) is 0. The van der Waals surface area contributed by atoms with E-state index in [0.29, 0.717) is 11.8 Å². The summed E-state index contributed by atoms with van der Waals surface area (Å²) >= 11 is 0. The number of pyridine rings is 10. The molecule has 0 aliphatic rings. The molecule has 0 spiro atoms. The molecule has 8 aromatic carbocycles. The quantitative estimate of drug-likeness (QED) is 0.0955. The van der Waals surface area contributed by atoms with E-state index in [-0.39, 0.29) is 0 Å². The molecular weight excluding hydrogens is 1640 g/mol. The number of rotatable bonds is 15. The number of aryl methyl sites for hydroxylation is 21. The number of nitrogens with zero attached hydrogens (tertiary/aromatic N) is 10. The Bertz CT molecular complexity index is 7120. The van der Waals surface area contributed by atoms with E-state index >= 15 is 0 Å². The largest absolute Gasteiger partial charge is 0.261 e. The topological polar surface area (TPSA) is 83.8 Å². The van der Waals surface area contributed by atoms with Crippen molar-refractivity contribution in [2.45, 2.75) is 150 Å². The maximum Gasteiger partial charge on any atom is 0.214 e. The maximum atomic E-state index is 5.06. The third kappa shape index (κ3) is 21.5. The van der Waals surface area contributed by atoms with Gasteiger partial charge in [0, 0.05) is 90.5 Å². The van der Waals surface area contributed by atoms with E-state index in [9.17, 15) is 0 Å². The molecule has 18 rings (SSSR count). The highest BCUT2D eigenvalue weighted by Crippen LogP contribution is 2.44. The van der Waals surface area contributed by atoms with Crippen molar-refractivity contribution in [1.82, 2.24) is 24.9 Å². The second-order valence-corrected chi connectivity index (χ2v) is 36.9. The normalized spacial score (nSPS) is 11.0. The lowest BCUT2D eigenvalue weighted by molar-refractivity contribution is -0.660. The molecular formula is C125H131N10+5. The van der Waals surface area contributed by atoms with Gasteiger partial charge in [-0.25, -0.2) is 22.8 Å². The molecule has 0 saturated carbocycles. The van der Waals surface area contributed by atoms with Crippen LogP contribution in [0.2, 0.25) is 0 Å². The predicted molar refractivity (Wildman–Crippen MR) is 562 cm³/mol. The highest BCUT2D eigenvalue weighted by atomic mass is 14.9. The van der Waals surface area contributed by atoms with Crippen LogP contribution in [0.5, 0.6) is 0 Å². The van der Waals surface area contributed by atoms with Crippen molar-refractivity contribution in [2.75, 3.05) is 0 Å². The minimum absolute atomic E-state index is 0.484. The van der Waals surface area contributed by atoms with Crippen molar-refractivity contribution >= 4 is 0 Å². The SMILES string of the molecule is Cc1cc(C)c(-c2cc(-c3c(C)cccc3C)cc[n+]2C)c(C)n1.Cc1cccc(-c2ccccc2)c1-c1cc(C)c(-c2cccc[n+]2C)c(C)n1.Cc1cccc(C)c1-c1cc[n+](C)c(-c2c(C)ccnc2C)c1.Cc1ccnc(C)c1-c1cc(-c2c(-c3ccccc3)cccc2-c2ccccc2)cc[n+]1C.Cc1ccnc(C)c1-c1cc(-c2c(C(C)C)cccc2C(C)C)cc[n+]1C. The van der Waals surface area contributed by atoms with Crippen molar-refractivity contribution in [1.29, 1.82) is 0 Å². The third-order valence-electron chi connectivity index (χ3n) is 26.2. The average molecular weight is 1770 g/mol. The fourth-order valence-electron chi connectivity index (χ4n) is 19.5. The molecule has 135 heavy (non-hydrogen) atoms. The Hall–Kier alpha value is -14.7. The molecule has 10 nitrogen and oxygen atoms in total. The van der Waals surface area contributed by atoms with E-state index in [2.05, 4.69) is 527 Å². The van der Waals surface area contributed by atoms with Gasteiger partial charge >= 0.3 is 0 Å². The fourth-order valence-corrected chi connectivity index (χ4v) is 19.5. The Morgan fingerprint density at radius 2 is 0.489 bits per heavy atom. The number of benzene rings is 8. The summed E-state index contributed by atoms with van der Waals surface area (Å²) in [6, 6.07) is 99.7. The van der Waals surface area contributed by atoms with E-state index in [0.717, 1.165) is 45.6 Å². The lowest BCUT2D eigenvalue weighted by Crippen LogP contribution is -2.31. The first-order valence-corrected chi connectivity index (χ1v) is 47.2. The van der Waals surface area contributed by atoms with Gasteiger partial charge in [0.05, 0.1) is 62.0 Å². The zero-order chi connectivity index (χ0) is 96.2. The molecule has 18 aromatic rings. The average Bonchev–Trinajstić information content (AvgIpc) is 0.802. The highest BCUT2D eigenvalue weighted by molar-refractivity contribution is 5.95. The summed E-state index contributed by atoms with van der Waals surface area (Å²) in [4.78, 5) is 23.3. The van der Waals surface area contributed by atoms with Gasteiger partial charge < -0.3 is 0 Å². The lowest BCUT2D eigenvalue weighted by atomic mass is 9.85. The smallest absolute Gasteiger partial charge is 0.214 e. The van der Waals surface area contributed by atoms with Gasteiger partial charge in [0.1, 0.15) is 35.2 Å². The standard InChI is InChI=1S/C31H27N2.C26H25N2.C25H31N2.C22H25N2.C21H23N2/c1-22-17-19-32-23(2)30(22)29-21-26(18-20-33(29)3)31-27(24-11-6-4-7-12-24)15-10-16-28(31)25-13-8-5-9-14-25;1-18-11-10-14-22(21-12-6-5-7-13-21)26(18)23-17-19(2)25(20(3)27-23)24-15-8-9-16-28(24)4;1-16(2)21-9-8-10-22(17(3)4)25(21)20-12-14-27(7)23(15-20)24-18(5)11-13-26-19(24)6;1-14-8-7-9-15(2)21(14)19-10-11-24(6)20(13-19)22-16(3)12-17(4)23-18(22)5;1-14-7-6-8-15(2)20(14)18-10-12-23(5)19(13-18)21-16(3)9-11-22-17(21)4/h4-21H,1-3H3;5-17H,1-4H3;8-17H,1-7H3;7-13H,1-6H3;6-13H,1-5H3/q5*+1. The molecule has 0 fully saturated rings. The molecule has 0 N–H and O–H groups in total. The fraction of sp³-hybridized carbons (Fsp3) is 0.216. The molecule has 0 unspecified atom stereocenters. The Morgan fingerprint density at radius 3 is 0.844 bits per heavy atom. The van der Waals surface area contributed by atoms with Crippen LogP contribution < -0.4 is 22.8 Å². The zero-order valence-corrected chi connectivity index (χ0v) is 83.8. The number of aromatic nitrogens is 10. The van der Waals surface area contributed by atoms with Gasteiger partial charge in [-0.1, -0.05) is 210 Å². The summed E-state index contributed by atoms with van der Waals surface area (Å²) in [5, 5.41) is 0. The predicted octanol–water partition coefficient (Wildman–Crippen LogP) is 28.4. The van der Waals surface area contributed by atoms with E-state index < -0.39 is 0 Å². The van der Waals surface area contributed by atoms with Gasteiger partial charge in [-0.15, -0.1) is 0 Å². The monoisotopic (exact) mass is 1770 g/mol. The van der Waals surface area contributed by atoms with Gasteiger partial charge in [0.25, 0.3) is 0 Å². The van der Waals surface area contributed by atoms with Gasteiger partial charge in [-0.3, -0.25) is 24.9 Å². The van der Waals surface area contributed by atoms with Crippen LogP contribution >= 0.6 is 0 Å². The van der Waals surface area contributed by atoms with Crippen molar-refractivity contribution in [3.63, 3.8) is 0 Å². The van der Waals surface area contributed by atoms with Crippen LogP contribution in [0.1, 0.15) is 140 Å².